The van der Waals surface area contributed by atoms with E-state index in [0.29, 0.717) is 11.7 Å². The van der Waals surface area contributed by atoms with Crippen LogP contribution in [0, 0.1) is 11.8 Å². The SMILES string of the molecule is NC1c2ccccc2C(=O)C2CCCCC21. The first-order valence-electron chi connectivity index (χ1n) is 6.18. The van der Waals surface area contributed by atoms with Gasteiger partial charge in [-0.3, -0.25) is 4.79 Å². The van der Waals surface area contributed by atoms with Crippen molar-refractivity contribution in [3.63, 3.8) is 0 Å². The Balaban J connectivity index is 2.09. The molecule has 3 atom stereocenters. The molecule has 0 aromatic heterocycles. The van der Waals surface area contributed by atoms with Crippen LogP contribution in [0.15, 0.2) is 24.3 Å². The summed E-state index contributed by atoms with van der Waals surface area (Å²) >= 11 is 0. The van der Waals surface area contributed by atoms with E-state index in [1.807, 2.05) is 24.3 Å². The van der Waals surface area contributed by atoms with E-state index in [4.69, 9.17) is 5.73 Å². The normalized spacial score (nSPS) is 33.1. The van der Waals surface area contributed by atoms with Crippen molar-refractivity contribution < 1.29 is 4.79 Å². The van der Waals surface area contributed by atoms with Gasteiger partial charge < -0.3 is 5.73 Å². The Morgan fingerprint density at radius 3 is 2.75 bits per heavy atom. The summed E-state index contributed by atoms with van der Waals surface area (Å²) in [4.78, 5) is 12.3. The molecule has 2 heteroatoms. The minimum atomic E-state index is 0.0687. The highest BCUT2D eigenvalue weighted by atomic mass is 16.1. The third-order valence-corrected chi connectivity index (χ3v) is 4.20. The quantitative estimate of drug-likeness (QED) is 0.723. The first-order chi connectivity index (χ1) is 7.79. The molecule has 1 fully saturated rings. The number of carbonyl (C=O) groups is 1. The van der Waals surface area contributed by atoms with Gasteiger partial charge in [-0.05, 0) is 24.3 Å². The molecule has 0 spiro atoms. The minimum Gasteiger partial charge on any atom is -0.324 e. The molecule has 84 valence electrons. The van der Waals surface area contributed by atoms with Gasteiger partial charge in [-0.25, -0.2) is 0 Å². The standard InChI is InChI=1S/C14H17NO/c15-13-9-5-1-3-7-11(9)14(16)12-8-4-2-6-10(12)13/h1,3,5,7,10,12-13H,2,4,6,8,15H2. The molecule has 0 saturated heterocycles. The second kappa shape index (κ2) is 3.70. The summed E-state index contributed by atoms with van der Waals surface area (Å²) in [5.41, 5.74) is 8.25. The highest BCUT2D eigenvalue weighted by molar-refractivity contribution is 6.00. The average Bonchev–Trinajstić information content (AvgIpc) is 2.36. The maximum absolute atomic E-state index is 12.3. The lowest BCUT2D eigenvalue weighted by atomic mass is 9.66. The van der Waals surface area contributed by atoms with Gasteiger partial charge in [0, 0.05) is 17.5 Å². The summed E-state index contributed by atoms with van der Waals surface area (Å²) < 4.78 is 0. The number of Topliss-reactive ketones (excluding diaryl/α,β-unsaturated/α-hetero) is 1. The van der Waals surface area contributed by atoms with Crippen molar-refractivity contribution in [1.29, 1.82) is 0 Å². The van der Waals surface area contributed by atoms with Crippen molar-refractivity contribution in [2.45, 2.75) is 31.7 Å². The smallest absolute Gasteiger partial charge is 0.166 e. The van der Waals surface area contributed by atoms with Gasteiger partial charge in [0.15, 0.2) is 5.78 Å². The number of hydrogen-bond donors (Lipinski definition) is 1. The monoisotopic (exact) mass is 215 g/mol. The molecule has 0 radical (unpaired) electrons. The van der Waals surface area contributed by atoms with Crippen LogP contribution in [-0.4, -0.2) is 5.78 Å². The fourth-order valence-corrected chi connectivity index (χ4v) is 3.36. The Morgan fingerprint density at radius 2 is 1.88 bits per heavy atom. The largest absolute Gasteiger partial charge is 0.324 e. The topological polar surface area (TPSA) is 43.1 Å². The maximum atomic E-state index is 12.3. The Labute approximate surface area is 95.8 Å². The van der Waals surface area contributed by atoms with Crippen molar-refractivity contribution >= 4 is 5.78 Å². The highest BCUT2D eigenvalue weighted by Gasteiger charge is 2.41. The first kappa shape index (κ1) is 10.0. The van der Waals surface area contributed by atoms with E-state index in [9.17, 15) is 4.79 Å². The molecule has 3 rings (SSSR count). The van der Waals surface area contributed by atoms with Crippen LogP contribution in [0.1, 0.15) is 47.6 Å². The number of rotatable bonds is 0. The molecule has 3 unspecified atom stereocenters. The van der Waals surface area contributed by atoms with E-state index in [2.05, 4.69) is 0 Å². The fourth-order valence-electron chi connectivity index (χ4n) is 3.36. The van der Waals surface area contributed by atoms with Crippen LogP contribution in [-0.2, 0) is 0 Å². The molecule has 2 nitrogen and oxygen atoms in total. The lowest BCUT2D eigenvalue weighted by Crippen LogP contribution is -2.40. The second-order valence-corrected chi connectivity index (χ2v) is 5.03. The third kappa shape index (κ3) is 1.33. The van der Waals surface area contributed by atoms with Crippen molar-refractivity contribution in [2.75, 3.05) is 0 Å². The zero-order valence-electron chi connectivity index (χ0n) is 9.36. The first-order valence-corrected chi connectivity index (χ1v) is 6.18. The maximum Gasteiger partial charge on any atom is 0.166 e. The zero-order chi connectivity index (χ0) is 11.1. The van der Waals surface area contributed by atoms with Gasteiger partial charge in [-0.1, -0.05) is 37.1 Å². The van der Waals surface area contributed by atoms with Gasteiger partial charge in [0.25, 0.3) is 0 Å². The predicted octanol–water partition coefficient (Wildman–Crippen LogP) is 2.69. The summed E-state index contributed by atoms with van der Waals surface area (Å²) in [6, 6.07) is 7.94. The van der Waals surface area contributed by atoms with Gasteiger partial charge in [-0.15, -0.1) is 0 Å². The van der Waals surface area contributed by atoms with Crippen LogP contribution in [0.2, 0.25) is 0 Å². The number of carbonyl (C=O) groups excluding carboxylic acids is 1. The van der Waals surface area contributed by atoms with Crippen molar-refractivity contribution in [1.82, 2.24) is 0 Å². The van der Waals surface area contributed by atoms with Gasteiger partial charge in [0.05, 0.1) is 0 Å². The number of ketones is 1. The number of benzene rings is 1. The van der Waals surface area contributed by atoms with Crippen LogP contribution in [0.4, 0.5) is 0 Å². The van der Waals surface area contributed by atoms with Crippen molar-refractivity contribution in [2.24, 2.45) is 17.6 Å². The van der Waals surface area contributed by atoms with E-state index in [-0.39, 0.29) is 12.0 Å². The molecule has 1 aromatic rings. The molecule has 2 aliphatic rings. The van der Waals surface area contributed by atoms with E-state index < -0.39 is 0 Å². The van der Waals surface area contributed by atoms with Crippen LogP contribution in [0.3, 0.4) is 0 Å². The van der Waals surface area contributed by atoms with E-state index in [1.165, 1.54) is 12.8 Å². The van der Waals surface area contributed by atoms with E-state index in [0.717, 1.165) is 24.0 Å². The molecule has 0 amide bonds. The second-order valence-electron chi connectivity index (χ2n) is 5.03. The Bertz CT molecular complexity index is 426. The van der Waals surface area contributed by atoms with Crippen molar-refractivity contribution in [3.8, 4) is 0 Å². The highest BCUT2D eigenvalue weighted by Crippen LogP contribution is 2.44. The fraction of sp³-hybridized carbons (Fsp3) is 0.500. The van der Waals surface area contributed by atoms with Crippen LogP contribution < -0.4 is 5.73 Å². The molecule has 2 N–H and O–H groups in total. The Kier molecular flexibility index (Phi) is 2.32. The summed E-state index contributed by atoms with van der Waals surface area (Å²) in [7, 11) is 0. The number of hydrogen-bond acceptors (Lipinski definition) is 2. The van der Waals surface area contributed by atoms with Crippen molar-refractivity contribution in [3.05, 3.63) is 35.4 Å². The Morgan fingerprint density at radius 1 is 1.12 bits per heavy atom. The average molecular weight is 215 g/mol. The molecule has 1 saturated carbocycles. The molecular formula is C14H17NO. The minimum absolute atomic E-state index is 0.0687. The summed E-state index contributed by atoms with van der Waals surface area (Å²) in [5, 5.41) is 0. The summed E-state index contributed by atoms with van der Waals surface area (Å²) in [5.74, 6) is 0.914. The molecule has 0 heterocycles. The zero-order valence-corrected chi connectivity index (χ0v) is 9.36. The number of nitrogens with two attached hydrogens (primary N) is 1. The van der Waals surface area contributed by atoms with Crippen LogP contribution in [0.25, 0.3) is 0 Å². The van der Waals surface area contributed by atoms with Gasteiger partial charge >= 0.3 is 0 Å². The van der Waals surface area contributed by atoms with Gasteiger partial charge in [-0.2, -0.15) is 0 Å². The predicted molar refractivity (Wildman–Crippen MR) is 63.1 cm³/mol. The third-order valence-electron chi connectivity index (χ3n) is 4.20. The lowest BCUT2D eigenvalue weighted by molar-refractivity contribution is 0.0765. The van der Waals surface area contributed by atoms with Gasteiger partial charge in [0.2, 0.25) is 0 Å². The molecular weight excluding hydrogens is 198 g/mol. The van der Waals surface area contributed by atoms with Crippen LogP contribution >= 0.6 is 0 Å². The molecule has 0 aliphatic heterocycles. The molecule has 0 bridgehead atoms. The molecule has 2 aliphatic carbocycles. The molecule has 1 aromatic carbocycles. The summed E-state index contributed by atoms with van der Waals surface area (Å²) in [6.07, 6.45) is 4.56. The van der Waals surface area contributed by atoms with E-state index in [1.54, 1.807) is 0 Å². The van der Waals surface area contributed by atoms with Gasteiger partial charge in [0.1, 0.15) is 0 Å². The Hall–Kier alpha value is -1.15. The van der Waals surface area contributed by atoms with E-state index >= 15 is 0 Å². The van der Waals surface area contributed by atoms with Crippen LogP contribution in [0.5, 0.6) is 0 Å². The lowest BCUT2D eigenvalue weighted by Gasteiger charge is -2.39. The molecule has 16 heavy (non-hydrogen) atoms. The number of fused-ring (bicyclic) bond motifs is 2. The summed E-state index contributed by atoms with van der Waals surface area (Å²) in [6.45, 7) is 0.